The van der Waals surface area contributed by atoms with Gasteiger partial charge in [-0.2, -0.15) is 0 Å². The van der Waals surface area contributed by atoms with Crippen LogP contribution in [0.3, 0.4) is 0 Å². The second-order valence-electron chi connectivity index (χ2n) is 4.56. The van der Waals surface area contributed by atoms with Crippen LogP contribution < -0.4 is 4.74 Å². The van der Waals surface area contributed by atoms with Gasteiger partial charge in [-0.15, -0.1) is 0 Å². The van der Waals surface area contributed by atoms with E-state index in [1.54, 1.807) is 0 Å². The minimum absolute atomic E-state index is 0.0838. The monoisotopic (exact) mass is 235 g/mol. The third-order valence-corrected chi connectivity index (χ3v) is 3.29. The Morgan fingerprint density at radius 1 is 1.41 bits per heavy atom. The molecule has 1 aromatic rings. The number of benzene rings is 1. The van der Waals surface area contributed by atoms with Gasteiger partial charge >= 0.3 is 0 Å². The summed E-state index contributed by atoms with van der Waals surface area (Å²) < 4.78 is 17.2. The second-order valence-corrected chi connectivity index (χ2v) is 4.56. The summed E-state index contributed by atoms with van der Waals surface area (Å²) in [6.07, 6.45) is 0.0838. The molecule has 0 bridgehead atoms. The fraction of sp³-hybridized carbons (Fsp3) is 0.538. The van der Waals surface area contributed by atoms with E-state index in [4.69, 9.17) is 14.2 Å². The number of fused-ring (bicyclic) bond motifs is 1. The average Bonchev–Trinajstić information content (AvgIpc) is 2.82. The van der Waals surface area contributed by atoms with Crippen LogP contribution in [0.5, 0.6) is 5.75 Å². The van der Waals surface area contributed by atoms with Gasteiger partial charge in [-0.25, -0.2) is 4.90 Å². The summed E-state index contributed by atoms with van der Waals surface area (Å²) in [4.78, 5) is 2.21. The van der Waals surface area contributed by atoms with E-state index in [1.165, 1.54) is 0 Å². The van der Waals surface area contributed by atoms with Gasteiger partial charge in [-0.05, 0) is 12.1 Å². The molecule has 3 rings (SSSR count). The summed E-state index contributed by atoms with van der Waals surface area (Å²) in [5, 5.41) is 0. The normalized spacial score (nSPS) is 32.6. The van der Waals surface area contributed by atoms with Crippen LogP contribution in [0.2, 0.25) is 0 Å². The zero-order valence-corrected chi connectivity index (χ0v) is 9.96. The number of hydrogen-bond donors (Lipinski definition) is 0. The number of ether oxygens (including phenoxy) is 3. The highest BCUT2D eigenvalue weighted by atomic mass is 16.7. The maximum absolute atomic E-state index is 5.87. The lowest BCUT2D eigenvalue weighted by Gasteiger charge is -2.23. The summed E-state index contributed by atoms with van der Waals surface area (Å²) in [6.45, 7) is 5.12. The number of hydrogen-bond acceptors (Lipinski definition) is 4. The van der Waals surface area contributed by atoms with Crippen molar-refractivity contribution in [2.24, 2.45) is 0 Å². The highest BCUT2D eigenvalue weighted by molar-refractivity contribution is 5.20. The molecule has 92 valence electrons. The largest absolute Gasteiger partial charge is 0.491 e. The summed E-state index contributed by atoms with van der Waals surface area (Å²) in [5.74, 6) is 0.360. The van der Waals surface area contributed by atoms with Crippen LogP contribution in [0.15, 0.2) is 30.3 Å². The van der Waals surface area contributed by atoms with Crippen molar-refractivity contribution in [3.63, 3.8) is 0 Å². The van der Waals surface area contributed by atoms with Crippen molar-refractivity contribution >= 4 is 0 Å². The fourth-order valence-corrected chi connectivity index (χ4v) is 2.39. The molecule has 17 heavy (non-hydrogen) atoms. The maximum atomic E-state index is 5.87. The first-order valence-corrected chi connectivity index (χ1v) is 6.01. The zero-order valence-electron chi connectivity index (χ0n) is 9.96. The van der Waals surface area contributed by atoms with Gasteiger partial charge in [0, 0.05) is 20.0 Å². The maximum Gasteiger partial charge on any atom is 0.227 e. The minimum Gasteiger partial charge on any atom is -0.491 e. The van der Waals surface area contributed by atoms with Crippen LogP contribution in [0.4, 0.5) is 0 Å². The van der Waals surface area contributed by atoms with E-state index in [9.17, 15) is 0 Å². The van der Waals surface area contributed by atoms with Crippen LogP contribution in [-0.4, -0.2) is 43.2 Å². The summed E-state index contributed by atoms with van der Waals surface area (Å²) in [5.41, 5.74) is 0. The van der Waals surface area contributed by atoms with Crippen LogP contribution >= 0.6 is 0 Å². The molecular formula is C13H17NO3. The van der Waals surface area contributed by atoms with Crippen LogP contribution in [0.1, 0.15) is 6.92 Å². The summed E-state index contributed by atoms with van der Waals surface area (Å²) in [7, 11) is 0. The van der Waals surface area contributed by atoms with E-state index in [1.807, 2.05) is 37.3 Å². The van der Waals surface area contributed by atoms with Crippen LogP contribution in [0, 0.1) is 0 Å². The summed E-state index contributed by atoms with van der Waals surface area (Å²) >= 11 is 0. The van der Waals surface area contributed by atoms with Crippen molar-refractivity contribution in [3.05, 3.63) is 30.3 Å². The average molecular weight is 235 g/mol. The van der Waals surface area contributed by atoms with Crippen molar-refractivity contribution < 1.29 is 14.2 Å². The molecule has 0 amide bonds. The Hall–Kier alpha value is -1.10. The molecule has 1 aromatic carbocycles. The predicted molar refractivity (Wildman–Crippen MR) is 62.7 cm³/mol. The molecule has 2 atom stereocenters. The molecule has 4 nitrogen and oxygen atoms in total. The van der Waals surface area contributed by atoms with Gasteiger partial charge in [0.25, 0.3) is 0 Å². The minimum atomic E-state index is -0.523. The van der Waals surface area contributed by atoms with Crippen molar-refractivity contribution in [1.29, 1.82) is 0 Å². The molecule has 0 spiro atoms. The van der Waals surface area contributed by atoms with Gasteiger partial charge in [0.2, 0.25) is 5.91 Å². The van der Waals surface area contributed by atoms with Gasteiger partial charge in [0.05, 0.1) is 6.61 Å². The third kappa shape index (κ3) is 2.16. The molecule has 0 N–H and O–H groups in total. The molecular weight excluding hydrogens is 218 g/mol. The molecule has 2 aliphatic rings. The molecule has 0 aromatic heterocycles. The second kappa shape index (κ2) is 4.29. The Morgan fingerprint density at radius 2 is 2.24 bits per heavy atom. The topological polar surface area (TPSA) is 30.9 Å². The Balaban J connectivity index is 1.55. The highest BCUT2D eigenvalue weighted by Gasteiger charge is 2.47. The Labute approximate surface area is 101 Å². The summed E-state index contributed by atoms with van der Waals surface area (Å²) in [6, 6.07) is 9.81. The molecule has 2 heterocycles. The lowest BCUT2D eigenvalue weighted by Crippen LogP contribution is -2.37. The predicted octanol–water partition coefficient (Wildman–Crippen LogP) is 1.47. The Bertz CT molecular complexity index is 384. The quantitative estimate of drug-likeness (QED) is 0.794. The van der Waals surface area contributed by atoms with E-state index in [2.05, 4.69) is 4.90 Å². The third-order valence-electron chi connectivity index (χ3n) is 3.29. The number of nitrogens with zero attached hydrogens (tertiary/aromatic N) is 1. The zero-order chi connectivity index (χ0) is 11.7. The van der Waals surface area contributed by atoms with E-state index in [-0.39, 0.29) is 6.10 Å². The first kappa shape index (κ1) is 11.0. The van der Waals surface area contributed by atoms with Gasteiger partial charge < -0.3 is 14.2 Å². The number of para-hydroxylation sites is 1. The fourth-order valence-electron chi connectivity index (χ4n) is 2.39. The highest BCUT2D eigenvalue weighted by Crippen LogP contribution is 2.32. The van der Waals surface area contributed by atoms with Crippen molar-refractivity contribution in [1.82, 2.24) is 4.90 Å². The molecule has 2 aliphatic heterocycles. The van der Waals surface area contributed by atoms with Crippen molar-refractivity contribution in [2.75, 3.05) is 26.3 Å². The van der Waals surface area contributed by atoms with E-state index >= 15 is 0 Å². The van der Waals surface area contributed by atoms with Gasteiger partial charge in [-0.3, -0.25) is 0 Å². The van der Waals surface area contributed by atoms with Gasteiger partial charge in [0.15, 0.2) is 0 Å². The standard InChI is InChI=1S/C13H17NO3/c1-13-14(7-8-16-13)9-12(17-13)10-15-11-5-3-2-4-6-11/h2-6,12H,7-10H2,1H3/t12-,13+/m1/s1. The molecule has 4 heteroatoms. The first-order valence-electron chi connectivity index (χ1n) is 6.01. The molecule has 2 saturated heterocycles. The molecule has 0 unspecified atom stereocenters. The molecule has 0 saturated carbocycles. The molecule has 2 fully saturated rings. The number of rotatable bonds is 3. The lowest BCUT2D eigenvalue weighted by molar-refractivity contribution is -0.233. The van der Waals surface area contributed by atoms with E-state index in [0.717, 1.165) is 25.4 Å². The van der Waals surface area contributed by atoms with Crippen molar-refractivity contribution in [2.45, 2.75) is 18.9 Å². The smallest absolute Gasteiger partial charge is 0.227 e. The van der Waals surface area contributed by atoms with E-state index in [0.29, 0.717) is 6.61 Å². The first-order chi connectivity index (χ1) is 8.26. The molecule has 0 aliphatic carbocycles. The molecule has 0 radical (unpaired) electrons. The van der Waals surface area contributed by atoms with Crippen LogP contribution in [-0.2, 0) is 9.47 Å². The van der Waals surface area contributed by atoms with Gasteiger partial charge in [0.1, 0.15) is 18.5 Å². The van der Waals surface area contributed by atoms with Gasteiger partial charge in [-0.1, -0.05) is 18.2 Å². The Kier molecular flexibility index (Phi) is 2.78. The van der Waals surface area contributed by atoms with Crippen LogP contribution in [0.25, 0.3) is 0 Å². The SMILES string of the molecule is C[C@@]12OCCN1C[C@H](COc1ccccc1)O2. The van der Waals surface area contributed by atoms with Crippen molar-refractivity contribution in [3.8, 4) is 5.75 Å². The lowest BCUT2D eigenvalue weighted by atomic mass is 10.3. The Morgan fingerprint density at radius 3 is 3.00 bits per heavy atom. The van der Waals surface area contributed by atoms with E-state index < -0.39 is 5.91 Å².